The summed E-state index contributed by atoms with van der Waals surface area (Å²) in [4.78, 5) is 15.6. The van der Waals surface area contributed by atoms with Crippen molar-refractivity contribution in [3.63, 3.8) is 0 Å². The number of rotatable bonds is 3. The van der Waals surface area contributed by atoms with Crippen molar-refractivity contribution < 1.29 is 14.6 Å². The Morgan fingerprint density at radius 1 is 1.17 bits per heavy atom. The quantitative estimate of drug-likeness (QED) is 0.802. The largest absolute Gasteiger partial charge is 0.478 e. The van der Waals surface area contributed by atoms with Crippen LogP contribution in [0.1, 0.15) is 34.8 Å². The van der Waals surface area contributed by atoms with E-state index in [0.717, 1.165) is 48.4 Å². The maximum absolute atomic E-state index is 11.0. The average molecular weight is 323 g/mol. The molecule has 6 heteroatoms. The second-order valence-electron chi connectivity index (χ2n) is 5.97. The molecule has 6 nitrogen and oxygen atoms in total. The third-order valence-electron chi connectivity index (χ3n) is 4.51. The Kier molecular flexibility index (Phi) is 3.74. The minimum Gasteiger partial charge on any atom is -0.478 e. The van der Waals surface area contributed by atoms with Gasteiger partial charge in [0.1, 0.15) is 0 Å². The van der Waals surface area contributed by atoms with Crippen LogP contribution in [0.15, 0.2) is 42.9 Å². The fourth-order valence-corrected chi connectivity index (χ4v) is 3.12. The monoisotopic (exact) mass is 323 g/mol. The third-order valence-corrected chi connectivity index (χ3v) is 4.51. The molecule has 0 bridgehead atoms. The van der Waals surface area contributed by atoms with Crippen LogP contribution in [-0.4, -0.2) is 38.9 Å². The topological polar surface area (TPSA) is 76.7 Å². The number of hydrogen-bond acceptors (Lipinski definition) is 4. The van der Waals surface area contributed by atoms with E-state index < -0.39 is 5.97 Å². The molecule has 0 unspecified atom stereocenters. The van der Waals surface area contributed by atoms with Gasteiger partial charge in [-0.15, -0.1) is 0 Å². The first-order chi connectivity index (χ1) is 11.7. The number of aromatic carboxylic acids is 1. The molecule has 1 saturated heterocycles. The summed E-state index contributed by atoms with van der Waals surface area (Å²) in [5.41, 5.74) is 4.10. The van der Waals surface area contributed by atoms with Gasteiger partial charge in [-0.3, -0.25) is 4.98 Å². The van der Waals surface area contributed by atoms with Crippen LogP contribution in [-0.2, 0) is 4.74 Å². The minimum absolute atomic E-state index is 0.273. The number of ether oxygens (including phenoxy) is 1. The van der Waals surface area contributed by atoms with Gasteiger partial charge in [0, 0.05) is 24.7 Å². The van der Waals surface area contributed by atoms with Gasteiger partial charge in [0.25, 0.3) is 0 Å². The van der Waals surface area contributed by atoms with E-state index in [1.54, 1.807) is 30.5 Å². The van der Waals surface area contributed by atoms with Crippen LogP contribution in [0, 0.1) is 0 Å². The molecule has 0 spiro atoms. The van der Waals surface area contributed by atoms with E-state index in [-0.39, 0.29) is 5.56 Å². The zero-order chi connectivity index (χ0) is 16.5. The highest BCUT2D eigenvalue weighted by atomic mass is 16.5. The summed E-state index contributed by atoms with van der Waals surface area (Å²) in [5, 5.41) is 13.4. The molecule has 122 valence electrons. The van der Waals surface area contributed by atoms with Crippen molar-refractivity contribution in [2.45, 2.75) is 18.8 Å². The standard InChI is InChI=1S/C18H17N3O3/c22-18(23)14-3-1-12(2-4-14)15-9-20-21-11-16(19-10-17(15)21)13-5-7-24-8-6-13/h1-4,9-11,13H,5-8H2,(H,22,23). The van der Waals surface area contributed by atoms with Gasteiger partial charge in [-0.1, -0.05) is 12.1 Å². The third kappa shape index (κ3) is 2.65. The molecule has 2 aromatic heterocycles. The van der Waals surface area contributed by atoms with Crippen LogP contribution in [0.2, 0.25) is 0 Å². The number of benzene rings is 1. The van der Waals surface area contributed by atoms with E-state index in [1.807, 2.05) is 16.9 Å². The highest BCUT2D eigenvalue weighted by molar-refractivity contribution is 5.89. The molecule has 1 aliphatic rings. The molecule has 0 atom stereocenters. The summed E-state index contributed by atoms with van der Waals surface area (Å²) in [6.07, 6.45) is 7.60. The molecule has 0 aliphatic carbocycles. The molecule has 1 fully saturated rings. The number of aromatic nitrogens is 3. The van der Waals surface area contributed by atoms with Crippen LogP contribution < -0.4 is 0 Å². The smallest absolute Gasteiger partial charge is 0.335 e. The molecule has 0 amide bonds. The maximum atomic E-state index is 11.0. The molecule has 3 heterocycles. The lowest BCUT2D eigenvalue weighted by Gasteiger charge is -2.21. The van der Waals surface area contributed by atoms with Gasteiger partial charge in [0.05, 0.1) is 35.4 Å². The minimum atomic E-state index is -0.927. The Bertz CT molecular complexity index is 880. The van der Waals surface area contributed by atoms with Gasteiger partial charge in [-0.2, -0.15) is 5.10 Å². The molecule has 4 rings (SSSR count). The number of carboxylic acid groups (broad SMARTS) is 1. The van der Waals surface area contributed by atoms with Crippen LogP contribution >= 0.6 is 0 Å². The van der Waals surface area contributed by atoms with Gasteiger partial charge >= 0.3 is 5.97 Å². The van der Waals surface area contributed by atoms with Gasteiger partial charge in [-0.25, -0.2) is 9.31 Å². The Labute approximate surface area is 138 Å². The van der Waals surface area contributed by atoms with Crippen LogP contribution in [0.5, 0.6) is 0 Å². The summed E-state index contributed by atoms with van der Waals surface area (Å²) in [7, 11) is 0. The number of carboxylic acids is 1. The number of nitrogens with zero attached hydrogens (tertiary/aromatic N) is 3. The fourth-order valence-electron chi connectivity index (χ4n) is 3.12. The first kappa shape index (κ1) is 14.8. The SMILES string of the molecule is O=C(O)c1ccc(-c2cnn3cc(C4CCOCC4)ncc23)cc1. The molecular weight excluding hydrogens is 306 g/mol. The van der Waals surface area contributed by atoms with Crippen molar-refractivity contribution in [1.29, 1.82) is 0 Å². The number of fused-ring (bicyclic) bond motifs is 1. The molecule has 0 saturated carbocycles. The summed E-state index contributed by atoms with van der Waals surface area (Å²) in [6.45, 7) is 1.56. The lowest BCUT2D eigenvalue weighted by molar-refractivity contribution is 0.0697. The first-order valence-corrected chi connectivity index (χ1v) is 7.97. The summed E-state index contributed by atoms with van der Waals surface area (Å²) in [6, 6.07) is 6.80. The highest BCUT2D eigenvalue weighted by Crippen LogP contribution is 2.28. The van der Waals surface area contributed by atoms with Crippen LogP contribution in [0.3, 0.4) is 0 Å². The summed E-state index contributed by atoms with van der Waals surface area (Å²) >= 11 is 0. The van der Waals surface area contributed by atoms with Gasteiger partial charge < -0.3 is 9.84 Å². The molecule has 1 N–H and O–H groups in total. The predicted octanol–water partition coefficient (Wildman–Crippen LogP) is 2.99. The van der Waals surface area contributed by atoms with E-state index >= 15 is 0 Å². The van der Waals surface area contributed by atoms with Gasteiger partial charge in [0.2, 0.25) is 0 Å². The molecule has 1 aromatic carbocycles. The lowest BCUT2D eigenvalue weighted by atomic mass is 9.97. The van der Waals surface area contributed by atoms with E-state index in [2.05, 4.69) is 10.1 Å². The Morgan fingerprint density at radius 2 is 1.92 bits per heavy atom. The second kappa shape index (κ2) is 6.05. The Morgan fingerprint density at radius 3 is 2.62 bits per heavy atom. The second-order valence-corrected chi connectivity index (χ2v) is 5.97. The Hall–Kier alpha value is -2.73. The van der Waals surface area contributed by atoms with Crippen molar-refractivity contribution in [2.75, 3.05) is 13.2 Å². The summed E-state index contributed by atoms with van der Waals surface area (Å²) in [5.74, 6) is -0.505. The van der Waals surface area contributed by atoms with Crippen LogP contribution in [0.25, 0.3) is 16.6 Å². The predicted molar refractivity (Wildman–Crippen MR) is 88.2 cm³/mol. The molecule has 1 aliphatic heterocycles. The Balaban J connectivity index is 1.68. The lowest BCUT2D eigenvalue weighted by Crippen LogP contribution is -2.15. The van der Waals surface area contributed by atoms with Crippen molar-refractivity contribution in [3.05, 3.63) is 54.1 Å². The highest BCUT2D eigenvalue weighted by Gasteiger charge is 2.18. The average Bonchev–Trinajstić information content (AvgIpc) is 3.05. The van der Waals surface area contributed by atoms with E-state index in [0.29, 0.717) is 5.92 Å². The van der Waals surface area contributed by atoms with E-state index in [4.69, 9.17) is 9.84 Å². The molecule has 3 aromatic rings. The zero-order valence-electron chi connectivity index (χ0n) is 13.1. The van der Waals surface area contributed by atoms with Crippen molar-refractivity contribution in [1.82, 2.24) is 14.6 Å². The van der Waals surface area contributed by atoms with E-state index in [1.165, 1.54) is 0 Å². The van der Waals surface area contributed by atoms with Gasteiger partial charge in [-0.05, 0) is 30.5 Å². The summed E-state index contributed by atoms with van der Waals surface area (Å²) < 4.78 is 7.25. The van der Waals surface area contributed by atoms with Gasteiger partial charge in [0.15, 0.2) is 0 Å². The molecule has 24 heavy (non-hydrogen) atoms. The normalized spacial score (nSPS) is 15.7. The van der Waals surface area contributed by atoms with E-state index in [9.17, 15) is 4.79 Å². The number of carbonyl (C=O) groups is 1. The zero-order valence-corrected chi connectivity index (χ0v) is 13.1. The molecule has 0 radical (unpaired) electrons. The number of hydrogen-bond donors (Lipinski definition) is 1. The fraction of sp³-hybridized carbons (Fsp3) is 0.278. The van der Waals surface area contributed by atoms with Crippen molar-refractivity contribution >= 4 is 11.5 Å². The first-order valence-electron chi connectivity index (χ1n) is 7.97. The molecular formula is C18H17N3O3. The van der Waals surface area contributed by atoms with Crippen LogP contribution in [0.4, 0.5) is 0 Å². The van der Waals surface area contributed by atoms with Crippen molar-refractivity contribution in [2.24, 2.45) is 0 Å². The maximum Gasteiger partial charge on any atom is 0.335 e. The van der Waals surface area contributed by atoms with Crippen molar-refractivity contribution in [3.8, 4) is 11.1 Å².